The Morgan fingerprint density at radius 3 is 2.41 bits per heavy atom. The molecule has 1 fully saturated rings. The molecule has 98 valence electrons. The Kier molecular flexibility index (Phi) is 8.61. The maximum Gasteiger partial charge on any atom is -0.00366 e. The summed E-state index contributed by atoms with van der Waals surface area (Å²) < 4.78 is 0. The minimum atomic E-state index is 0. The Balaban J connectivity index is 0.00000128. The first kappa shape index (κ1) is 16.7. The molecule has 17 heavy (non-hydrogen) atoms. The van der Waals surface area contributed by atoms with Gasteiger partial charge in [-0.3, -0.25) is 0 Å². The number of rotatable bonds is 3. The van der Waals surface area contributed by atoms with Gasteiger partial charge >= 0.3 is 0 Å². The number of hydrogen-bond donors (Lipinski definition) is 2. The Morgan fingerprint density at radius 2 is 1.76 bits per heavy atom. The molecule has 0 unspecified atom stereocenters. The molecule has 0 spiro atoms. The third-order valence-electron chi connectivity index (χ3n) is 3.25. The molecule has 0 atom stereocenters. The summed E-state index contributed by atoms with van der Waals surface area (Å²) >= 11 is 0. The predicted molar refractivity (Wildman–Crippen MR) is 78.5 cm³/mol. The van der Waals surface area contributed by atoms with Gasteiger partial charge in [-0.15, -0.1) is 24.8 Å². The zero-order chi connectivity index (χ0) is 10.5. The van der Waals surface area contributed by atoms with Crippen LogP contribution >= 0.6 is 24.8 Å². The van der Waals surface area contributed by atoms with Crippen LogP contribution in [0.4, 0.5) is 0 Å². The van der Waals surface area contributed by atoms with E-state index < -0.39 is 0 Å². The van der Waals surface area contributed by atoms with E-state index in [-0.39, 0.29) is 24.8 Å². The van der Waals surface area contributed by atoms with E-state index in [1.807, 2.05) is 0 Å². The second kappa shape index (κ2) is 8.76. The lowest BCUT2D eigenvalue weighted by Gasteiger charge is -2.25. The summed E-state index contributed by atoms with van der Waals surface area (Å²) in [5.41, 5.74) is 8.63. The molecule has 1 aromatic rings. The maximum absolute atomic E-state index is 5.65. The van der Waals surface area contributed by atoms with Gasteiger partial charge in [0.1, 0.15) is 0 Å². The van der Waals surface area contributed by atoms with Gasteiger partial charge in [-0.1, -0.05) is 24.3 Å². The van der Waals surface area contributed by atoms with E-state index in [1.165, 1.54) is 24.0 Å². The van der Waals surface area contributed by atoms with Crippen LogP contribution in [-0.4, -0.2) is 19.6 Å². The lowest BCUT2D eigenvalue weighted by molar-refractivity contribution is 0.458. The van der Waals surface area contributed by atoms with E-state index in [4.69, 9.17) is 5.73 Å². The molecule has 0 saturated carbocycles. The van der Waals surface area contributed by atoms with Gasteiger partial charge in [-0.05, 0) is 55.9 Å². The lowest BCUT2D eigenvalue weighted by Crippen LogP contribution is -2.27. The van der Waals surface area contributed by atoms with E-state index in [0.717, 1.165) is 32.0 Å². The van der Waals surface area contributed by atoms with Gasteiger partial charge in [-0.25, -0.2) is 0 Å². The van der Waals surface area contributed by atoms with Crippen molar-refractivity contribution in [3.63, 3.8) is 0 Å². The highest BCUT2D eigenvalue weighted by molar-refractivity contribution is 5.85. The van der Waals surface area contributed by atoms with Crippen molar-refractivity contribution in [2.75, 3.05) is 19.6 Å². The van der Waals surface area contributed by atoms with Crippen molar-refractivity contribution in [3.05, 3.63) is 35.4 Å². The summed E-state index contributed by atoms with van der Waals surface area (Å²) in [6, 6.07) is 8.78. The number of halogens is 2. The molecule has 1 saturated heterocycles. The lowest BCUT2D eigenvalue weighted by atomic mass is 9.86. The van der Waals surface area contributed by atoms with Crippen LogP contribution in [-0.2, 0) is 6.42 Å². The van der Waals surface area contributed by atoms with Crippen LogP contribution in [0.5, 0.6) is 0 Å². The molecule has 1 heterocycles. The Morgan fingerprint density at radius 1 is 1.12 bits per heavy atom. The highest BCUT2D eigenvalue weighted by Gasteiger charge is 2.17. The summed E-state index contributed by atoms with van der Waals surface area (Å²) in [6.07, 6.45) is 3.54. The van der Waals surface area contributed by atoms with Crippen molar-refractivity contribution >= 4 is 24.8 Å². The van der Waals surface area contributed by atoms with E-state index in [2.05, 4.69) is 29.6 Å². The molecule has 0 bridgehead atoms. The average Bonchev–Trinajstić information content (AvgIpc) is 2.31. The molecule has 0 amide bonds. The zero-order valence-corrected chi connectivity index (χ0v) is 11.7. The molecule has 2 nitrogen and oxygen atoms in total. The third-order valence-corrected chi connectivity index (χ3v) is 3.25. The van der Waals surface area contributed by atoms with E-state index in [1.54, 1.807) is 0 Å². The zero-order valence-electron chi connectivity index (χ0n) is 10.0. The first-order valence-electron chi connectivity index (χ1n) is 5.90. The Labute approximate surface area is 116 Å². The summed E-state index contributed by atoms with van der Waals surface area (Å²) in [7, 11) is 0. The van der Waals surface area contributed by atoms with Gasteiger partial charge in [0.25, 0.3) is 0 Å². The predicted octanol–water partition coefficient (Wildman–Crippen LogP) is 2.50. The van der Waals surface area contributed by atoms with E-state index >= 15 is 0 Å². The van der Waals surface area contributed by atoms with Crippen LogP contribution in [0.25, 0.3) is 0 Å². The van der Waals surface area contributed by atoms with Gasteiger partial charge in [-0.2, -0.15) is 0 Å². The molecule has 4 heteroatoms. The van der Waals surface area contributed by atoms with E-state index in [9.17, 15) is 0 Å². The highest BCUT2D eigenvalue weighted by atomic mass is 35.5. The van der Waals surface area contributed by atoms with Crippen LogP contribution in [0.2, 0.25) is 0 Å². The fourth-order valence-electron chi connectivity index (χ4n) is 2.45. The molecule has 0 aliphatic carbocycles. The second-order valence-corrected chi connectivity index (χ2v) is 4.26. The van der Waals surface area contributed by atoms with Gasteiger partial charge in [0.15, 0.2) is 0 Å². The molecule has 3 N–H and O–H groups in total. The molecular weight excluding hydrogens is 255 g/mol. The van der Waals surface area contributed by atoms with Gasteiger partial charge in [0, 0.05) is 0 Å². The summed E-state index contributed by atoms with van der Waals surface area (Å²) in [5, 5.41) is 3.41. The normalized spacial score (nSPS) is 15.8. The maximum atomic E-state index is 5.65. The smallest absolute Gasteiger partial charge is 0.00366 e. The molecule has 2 rings (SSSR count). The van der Waals surface area contributed by atoms with Crippen molar-refractivity contribution in [2.45, 2.75) is 25.2 Å². The fraction of sp³-hybridized carbons (Fsp3) is 0.538. The van der Waals surface area contributed by atoms with Crippen LogP contribution in [0.3, 0.4) is 0 Å². The van der Waals surface area contributed by atoms with Crippen LogP contribution in [0, 0.1) is 0 Å². The summed E-state index contributed by atoms with van der Waals surface area (Å²) in [5.74, 6) is 0.744. The van der Waals surface area contributed by atoms with E-state index in [0.29, 0.717) is 0 Å². The monoisotopic (exact) mass is 276 g/mol. The Bertz CT molecular complexity index is 312. The SMILES string of the molecule is Cl.Cl.NCCc1ccccc1C1CCNCC1. The average molecular weight is 277 g/mol. The van der Waals surface area contributed by atoms with Crippen LogP contribution in [0.15, 0.2) is 24.3 Å². The minimum Gasteiger partial charge on any atom is -0.330 e. The number of hydrogen-bond acceptors (Lipinski definition) is 2. The first-order valence-corrected chi connectivity index (χ1v) is 5.90. The molecule has 1 aliphatic rings. The van der Waals surface area contributed by atoms with Gasteiger partial charge in [0.05, 0.1) is 0 Å². The molecule has 0 radical (unpaired) electrons. The van der Waals surface area contributed by atoms with Gasteiger partial charge < -0.3 is 11.1 Å². The molecular formula is C13H22Cl2N2. The Hall–Kier alpha value is -0.280. The van der Waals surface area contributed by atoms with Crippen molar-refractivity contribution in [3.8, 4) is 0 Å². The highest BCUT2D eigenvalue weighted by Crippen LogP contribution is 2.27. The largest absolute Gasteiger partial charge is 0.330 e. The van der Waals surface area contributed by atoms with Crippen molar-refractivity contribution in [1.82, 2.24) is 5.32 Å². The molecule has 1 aliphatic heterocycles. The fourth-order valence-corrected chi connectivity index (χ4v) is 2.45. The van der Waals surface area contributed by atoms with Crippen LogP contribution in [0.1, 0.15) is 29.9 Å². The number of benzene rings is 1. The quantitative estimate of drug-likeness (QED) is 0.891. The third kappa shape index (κ3) is 4.47. The van der Waals surface area contributed by atoms with Crippen molar-refractivity contribution < 1.29 is 0 Å². The standard InChI is InChI=1S/C13H20N2.2ClH/c14-8-5-11-3-1-2-4-13(11)12-6-9-15-10-7-12;;/h1-4,12,15H,5-10,14H2;2*1H. The summed E-state index contributed by atoms with van der Waals surface area (Å²) in [6.45, 7) is 3.06. The molecule has 0 aromatic heterocycles. The van der Waals surface area contributed by atoms with Crippen LogP contribution < -0.4 is 11.1 Å². The summed E-state index contributed by atoms with van der Waals surface area (Å²) in [4.78, 5) is 0. The number of nitrogens with one attached hydrogen (secondary N) is 1. The van der Waals surface area contributed by atoms with Crippen molar-refractivity contribution in [1.29, 1.82) is 0 Å². The number of piperidine rings is 1. The van der Waals surface area contributed by atoms with Gasteiger partial charge in [0.2, 0.25) is 0 Å². The molecule has 1 aromatic carbocycles. The number of nitrogens with two attached hydrogens (primary N) is 1. The second-order valence-electron chi connectivity index (χ2n) is 4.26. The topological polar surface area (TPSA) is 38.0 Å². The minimum absolute atomic E-state index is 0. The van der Waals surface area contributed by atoms with Crippen molar-refractivity contribution in [2.24, 2.45) is 5.73 Å². The first-order chi connectivity index (χ1) is 7.42.